The number of rotatable bonds is 2. The largest absolute Gasteiger partial charge is 0.340 e. The number of pyridine rings is 1. The van der Waals surface area contributed by atoms with Crippen LogP contribution in [0, 0.1) is 0 Å². The van der Waals surface area contributed by atoms with Gasteiger partial charge < -0.3 is 4.90 Å². The van der Waals surface area contributed by atoms with Gasteiger partial charge in [0.05, 0.1) is 5.02 Å². The van der Waals surface area contributed by atoms with E-state index < -0.39 is 10.0 Å². The lowest BCUT2D eigenvalue weighted by Gasteiger charge is -2.33. The van der Waals surface area contributed by atoms with Gasteiger partial charge in [-0.15, -0.1) is 0 Å². The molecule has 1 fully saturated rings. The summed E-state index contributed by atoms with van der Waals surface area (Å²) in [7, 11) is -3.64. The topological polar surface area (TPSA) is 70.6 Å². The van der Waals surface area contributed by atoms with Crippen molar-refractivity contribution in [3.63, 3.8) is 0 Å². The first kappa shape index (κ1) is 14.2. The molecule has 0 atom stereocenters. The maximum absolute atomic E-state index is 12.4. The van der Waals surface area contributed by atoms with Crippen LogP contribution in [-0.2, 0) is 14.8 Å². The average molecular weight is 304 g/mol. The molecule has 1 saturated heterocycles. The molecule has 0 saturated carbocycles. The number of hydrogen-bond acceptors (Lipinski definition) is 4. The lowest BCUT2D eigenvalue weighted by Crippen LogP contribution is -2.49. The second-order valence-electron chi connectivity index (χ2n) is 4.22. The maximum Gasteiger partial charge on any atom is 0.246 e. The molecule has 2 heterocycles. The number of nitrogens with zero attached hydrogens (tertiary/aromatic N) is 3. The third-order valence-corrected chi connectivity index (χ3v) is 5.40. The van der Waals surface area contributed by atoms with E-state index in [1.807, 2.05) is 0 Å². The van der Waals surface area contributed by atoms with Crippen molar-refractivity contribution in [2.75, 3.05) is 26.2 Å². The number of sulfonamides is 1. The van der Waals surface area contributed by atoms with Gasteiger partial charge in [0.2, 0.25) is 15.9 Å². The third-order valence-electron chi connectivity index (χ3n) is 3.04. The van der Waals surface area contributed by atoms with Crippen LogP contribution < -0.4 is 0 Å². The van der Waals surface area contributed by atoms with Gasteiger partial charge in [-0.1, -0.05) is 11.6 Å². The van der Waals surface area contributed by atoms with Gasteiger partial charge in [0, 0.05) is 45.5 Å². The second-order valence-corrected chi connectivity index (χ2v) is 6.53. The third kappa shape index (κ3) is 2.88. The zero-order chi connectivity index (χ0) is 14.0. The molecular formula is C11H14ClN3O3S. The summed E-state index contributed by atoms with van der Waals surface area (Å²) in [5, 5.41) is 0.156. The molecule has 19 heavy (non-hydrogen) atoms. The molecule has 1 aromatic heterocycles. The van der Waals surface area contributed by atoms with Gasteiger partial charge in [0.1, 0.15) is 4.90 Å². The Morgan fingerprint density at radius 1 is 1.32 bits per heavy atom. The van der Waals surface area contributed by atoms with Crippen molar-refractivity contribution in [2.45, 2.75) is 11.8 Å². The van der Waals surface area contributed by atoms with Gasteiger partial charge in [0.15, 0.2) is 0 Å². The molecule has 8 heteroatoms. The molecule has 6 nitrogen and oxygen atoms in total. The highest BCUT2D eigenvalue weighted by Crippen LogP contribution is 2.24. The van der Waals surface area contributed by atoms with Gasteiger partial charge in [-0.05, 0) is 6.07 Å². The van der Waals surface area contributed by atoms with Crippen LogP contribution in [0.1, 0.15) is 6.92 Å². The second kappa shape index (κ2) is 5.44. The fraction of sp³-hybridized carbons (Fsp3) is 0.455. The first-order valence-corrected chi connectivity index (χ1v) is 7.60. The van der Waals surface area contributed by atoms with E-state index in [1.54, 1.807) is 4.90 Å². The number of carbonyl (C=O) groups is 1. The Labute approximate surface area is 117 Å². The summed E-state index contributed by atoms with van der Waals surface area (Å²) in [6.07, 6.45) is 2.68. The minimum absolute atomic E-state index is 0.00735. The van der Waals surface area contributed by atoms with Crippen molar-refractivity contribution in [3.05, 3.63) is 23.5 Å². The Bertz CT molecular complexity index is 583. The monoisotopic (exact) mass is 303 g/mol. The minimum Gasteiger partial charge on any atom is -0.340 e. The van der Waals surface area contributed by atoms with E-state index in [2.05, 4.69) is 4.98 Å². The van der Waals surface area contributed by atoms with E-state index in [4.69, 9.17) is 11.6 Å². The van der Waals surface area contributed by atoms with Gasteiger partial charge in [-0.2, -0.15) is 4.31 Å². The molecule has 0 aliphatic carbocycles. The summed E-state index contributed by atoms with van der Waals surface area (Å²) < 4.78 is 26.1. The number of halogens is 1. The van der Waals surface area contributed by atoms with Crippen LogP contribution in [0.5, 0.6) is 0 Å². The van der Waals surface area contributed by atoms with Crippen molar-refractivity contribution in [1.29, 1.82) is 0 Å². The predicted molar refractivity (Wildman–Crippen MR) is 70.3 cm³/mol. The summed E-state index contributed by atoms with van der Waals surface area (Å²) in [5.41, 5.74) is 0. The van der Waals surface area contributed by atoms with Crippen LogP contribution in [-0.4, -0.2) is 54.7 Å². The van der Waals surface area contributed by atoms with Gasteiger partial charge in [-0.3, -0.25) is 9.78 Å². The molecule has 104 valence electrons. The number of piperazine rings is 1. The van der Waals surface area contributed by atoms with Crippen LogP contribution >= 0.6 is 11.6 Å². The SMILES string of the molecule is CC(=O)N1CCN(S(=O)(=O)c2cnccc2Cl)CC1. The van der Waals surface area contributed by atoms with Gasteiger partial charge in [-0.25, -0.2) is 8.42 Å². The Morgan fingerprint density at radius 3 is 2.47 bits per heavy atom. The number of amides is 1. The van der Waals surface area contributed by atoms with E-state index in [0.717, 1.165) is 0 Å². The Kier molecular flexibility index (Phi) is 4.07. The number of carbonyl (C=O) groups excluding carboxylic acids is 1. The lowest BCUT2D eigenvalue weighted by atomic mass is 10.3. The molecule has 1 aromatic rings. The van der Waals surface area contributed by atoms with Crippen LogP contribution in [0.4, 0.5) is 0 Å². The van der Waals surface area contributed by atoms with Gasteiger partial charge >= 0.3 is 0 Å². The quantitative estimate of drug-likeness (QED) is 0.801. The van der Waals surface area contributed by atoms with Crippen molar-refractivity contribution < 1.29 is 13.2 Å². The average Bonchev–Trinajstić information content (AvgIpc) is 2.39. The summed E-state index contributed by atoms with van der Waals surface area (Å²) in [4.78, 5) is 16.6. The zero-order valence-electron chi connectivity index (χ0n) is 10.4. The molecule has 0 N–H and O–H groups in total. The van der Waals surface area contributed by atoms with E-state index in [-0.39, 0.29) is 28.9 Å². The Hall–Kier alpha value is -1.18. The van der Waals surface area contributed by atoms with E-state index in [9.17, 15) is 13.2 Å². The first-order chi connectivity index (χ1) is 8.93. The van der Waals surface area contributed by atoms with Crippen molar-refractivity contribution >= 4 is 27.5 Å². The zero-order valence-corrected chi connectivity index (χ0v) is 12.0. The van der Waals surface area contributed by atoms with Crippen molar-refractivity contribution in [3.8, 4) is 0 Å². The first-order valence-electron chi connectivity index (χ1n) is 5.78. The Balaban J connectivity index is 2.19. The molecule has 0 aromatic carbocycles. The standard InChI is InChI=1S/C11H14ClN3O3S/c1-9(16)14-4-6-15(7-5-14)19(17,18)11-8-13-3-2-10(11)12/h2-3,8H,4-7H2,1H3. The highest BCUT2D eigenvalue weighted by Gasteiger charge is 2.30. The van der Waals surface area contributed by atoms with Crippen LogP contribution in [0.15, 0.2) is 23.4 Å². The number of hydrogen-bond donors (Lipinski definition) is 0. The predicted octanol–water partition coefficient (Wildman–Crippen LogP) is 0.588. The normalized spacial score (nSPS) is 17.5. The molecule has 0 radical (unpaired) electrons. The molecule has 1 amide bonds. The van der Waals surface area contributed by atoms with Gasteiger partial charge in [0.25, 0.3) is 0 Å². The molecule has 1 aliphatic rings. The molecule has 1 aliphatic heterocycles. The summed E-state index contributed by atoms with van der Waals surface area (Å²) in [6, 6.07) is 1.44. The van der Waals surface area contributed by atoms with Crippen LogP contribution in [0.3, 0.4) is 0 Å². The maximum atomic E-state index is 12.4. The minimum atomic E-state index is -3.64. The van der Waals surface area contributed by atoms with Crippen molar-refractivity contribution in [2.24, 2.45) is 0 Å². The number of aromatic nitrogens is 1. The molecular weight excluding hydrogens is 290 g/mol. The highest BCUT2D eigenvalue weighted by atomic mass is 35.5. The molecule has 0 bridgehead atoms. The van der Waals surface area contributed by atoms with Crippen LogP contribution in [0.2, 0.25) is 5.02 Å². The fourth-order valence-corrected chi connectivity index (χ4v) is 3.76. The Morgan fingerprint density at radius 2 is 1.95 bits per heavy atom. The summed E-state index contributed by atoms with van der Waals surface area (Å²) >= 11 is 5.90. The lowest BCUT2D eigenvalue weighted by molar-refractivity contribution is -0.129. The fourth-order valence-electron chi connectivity index (χ4n) is 1.94. The van der Waals surface area contributed by atoms with E-state index >= 15 is 0 Å². The van der Waals surface area contributed by atoms with E-state index in [0.29, 0.717) is 13.1 Å². The summed E-state index contributed by atoms with van der Waals surface area (Å²) in [6.45, 7) is 2.81. The van der Waals surface area contributed by atoms with Crippen molar-refractivity contribution in [1.82, 2.24) is 14.2 Å². The smallest absolute Gasteiger partial charge is 0.246 e. The molecule has 0 unspecified atom stereocenters. The highest BCUT2D eigenvalue weighted by molar-refractivity contribution is 7.89. The van der Waals surface area contributed by atoms with E-state index in [1.165, 1.54) is 29.7 Å². The molecule has 0 spiro atoms. The summed E-state index contributed by atoms with van der Waals surface area (Å²) in [5.74, 6) is -0.0449. The molecule has 2 rings (SSSR count). The van der Waals surface area contributed by atoms with Crippen LogP contribution in [0.25, 0.3) is 0 Å².